The van der Waals surface area contributed by atoms with Crippen LogP contribution in [0.1, 0.15) is 5.82 Å². The molecule has 1 amide bonds. The Morgan fingerprint density at radius 2 is 1.91 bits per heavy atom. The van der Waals surface area contributed by atoms with Crippen molar-refractivity contribution in [3.05, 3.63) is 73.4 Å². The van der Waals surface area contributed by atoms with Crippen LogP contribution in [-0.2, 0) is 16.0 Å². The third-order valence-corrected chi connectivity index (χ3v) is 7.24. The minimum Gasteiger partial charge on any atom is -0.494 e. The van der Waals surface area contributed by atoms with Crippen LogP contribution in [0.2, 0.25) is 0 Å². The summed E-state index contributed by atoms with van der Waals surface area (Å²) in [6, 6.07) is 13.4. The van der Waals surface area contributed by atoms with Gasteiger partial charge in [0.1, 0.15) is 17.2 Å². The number of carbonyl (C=O) groups is 1. The minimum atomic E-state index is -0.324. The summed E-state index contributed by atoms with van der Waals surface area (Å²) in [6.45, 7) is 5.68. The maximum absolute atomic E-state index is 12.4. The average Bonchev–Trinajstić information content (AvgIpc) is 3.70. The Morgan fingerprint density at radius 3 is 2.67 bits per heavy atom. The van der Waals surface area contributed by atoms with E-state index in [0.29, 0.717) is 41.8 Å². The Bertz CT molecular complexity index is 1790. The number of likely N-dealkylation sites (N-methyl/N-ethyl adjacent to an activating group) is 2. The van der Waals surface area contributed by atoms with Gasteiger partial charge in [0.15, 0.2) is 0 Å². The van der Waals surface area contributed by atoms with Gasteiger partial charge in [0, 0.05) is 56.9 Å². The molecule has 0 aliphatic heterocycles. The number of anilines is 4. The Hall–Kier alpha value is -5.20. The largest absolute Gasteiger partial charge is 0.494 e. The quantitative estimate of drug-likeness (QED) is 0.141. The maximum atomic E-state index is 12.4. The van der Waals surface area contributed by atoms with Gasteiger partial charge >= 0.3 is 0 Å². The molecule has 5 aromatic rings. The predicted molar refractivity (Wildman–Crippen MR) is 177 cm³/mol. The normalized spacial score (nSPS) is 11.2. The molecule has 5 rings (SSSR count). The molecule has 0 saturated carbocycles. The Morgan fingerprint density at radius 1 is 1.07 bits per heavy atom. The number of aromatic nitrogens is 4. The Kier molecular flexibility index (Phi) is 9.76. The van der Waals surface area contributed by atoms with E-state index in [0.717, 1.165) is 52.5 Å². The smallest absolute Gasteiger partial charge is 0.247 e. The minimum absolute atomic E-state index is 0.324. The van der Waals surface area contributed by atoms with Crippen molar-refractivity contribution in [1.82, 2.24) is 24.8 Å². The molecule has 0 unspecified atom stereocenters. The van der Waals surface area contributed by atoms with Crippen molar-refractivity contribution in [2.24, 2.45) is 0 Å². The van der Waals surface area contributed by atoms with E-state index in [-0.39, 0.29) is 5.91 Å². The van der Waals surface area contributed by atoms with Crippen LogP contribution in [0.4, 0.5) is 23.0 Å². The van der Waals surface area contributed by atoms with Crippen LogP contribution < -0.4 is 20.3 Å². The van der Waals surface area contributed by atoms with E-state index in [4.69, 9.17) is 23.9 Å². The van der Waals surface area contributed by atoms with Crippen LogP contribution in [0.25, 0.3) is 33.6 Å². The Labute approximate surface area is 262 Å². The number of benzene rings is 2. The van der Waals surface area contributed by atoms with Gasteiger partial charge in [0.25, 0.3) is 0 Å². The number of rotatable bonds is 14. The van der Waals surface area contributed by atoms with Gasteiger partial charge < -0.3 is 39.3 Å². The van der Waals surface area contributed by atoms with Crippen LogP contribution in [0, 0.1) is 0 Å². The molecule has 0 aliphatic carbocycles. The van der Waals surface area contributed by atoms with Crippen molar-refractivity contribution in [2.45, 2.75) is 6.42 Å². The lowest BCUT2D eigenvalue weighted by molar-refractivity contribution is -0.111. The van der Waals surface area contributed by atoms with Crippen molar-refractivity contribution >= 4 is 39.9 Å². The van der Waals surface area contributed by atoms with Gasteiger partial charge in [-0.25, -0.2) is 15.0 Å². The van der Waals surface area contributed by atoms with Crippen molar-refractivity contribution in [3.63, 3.8) is 0 Å². The highest BCUT2D eigenvalue weighted by molar-refractivity contribution is 6.02. The van der Waals surface area contributed by atoms with Crippen molar-refractivity contribution < 1.29 is 18.7 Å². The summed E-state index contributed by atoms with van der Waals surface area (Å²) in [5.41, 5.74) is 5.73. The number of hydrogen-bond acceptors (Lipinski definition) is 10. The SMILES string of the molecule is C=CC(=O)Nc1cc(Nc2nccc(-c3[nH]c(CCOC)nc3-c3ccc4ccoc4c3)n2)c(OC)cc1N(C)CCN(C)C. The number of H-pyrrole nitrogens is 1. The van der Waals surface area contributed by atoms with E-state index in [9.17, 15) is 4.79 Å². The molecule has 3 heterocycles. The van der Waals surface area contributed by atoms with Gasteiger partial charge in [-0.3, -0.25) is 4.79 Å². The summed E-state index contributed by atoms with van der Waals surface area (Å²) in [6.07, 6.45) is 5.19. The van der Waals surface area contributed by atoms with Gasteiger partial charge in [0.2, 0.25) is 11.9 Å². The first-order valence-corrected chi connectivity index (χ1v) is 14.5. The highest BCUT2D eigenvalue weighted by Crippen LogP contribution is 2.38. The molecule has 0 fully saturated rings. The zero-order valence-corrected chi connectivity index (χ0v) is 26.2. The number of aromatic amines is 1. The van der Waals surface area contributed by atoms with Gasteiger partial charge in [-0.1, -0.05) is 18.7 Å². The molecule has 12 heteroatoms. The predicted octanol–water partition coefficient (Wildman–Crippen LogP) is 5.34. The number of furan rings is 1. The summed E-state index contributed by atoms with van der Waals surface area (Å²) in [5.74, 6) is 1.34. The number of amides is 1. The molecule has 0 spiro atoms. The molecule has 0 saturated heterocycles. The second-order valence-electron chi connectivity index (χ2n) is 10.7. The number of hydrogen-bond donors (Lipinski definition) is 3. The molecule has 3 N–H and O–H groups in total. The molecule has 45 heavy (non-hydrogen) atoms. The standard InChI is InChI=1S/C33H38N8O4/c1-7-30(42)35-24-19-25(28(44-6)20-26(24)41(4)15-14-40(2)3)37-33-34-13-10-23(36-33)32-31(38-29(39-32)12-16-43-5)22-9-8-21-11-17-45-27(21)18-22/h7-11,13,17-20H,1,12,14-16H2,2-6H3,(H,35,42)(H,38,39)(H,34,36,37). The van der Waals surface area contributed by atoms with Crippen LogP contribution in [0.15, 0.2) is 72.0 Å². The van der Waals surface area contributed by atoms with E-state index in [2.05, 4.69) is 37.0 Å². The van der Waals surface area contributed by atoms with E-state index in [1.807, 2.05) is 57.5 Å². The summed E-state index contributed by atoms with van der Waals surface area (Å²) in [5, 5.41) is 7.21. The van der Waals surface area contributed by atoms with Crippen LogP contribution >= 0.6 is 0 Å². The summed E-state index contributed by atoms with van der Waals surface area (Å²) < 4.78 is 16.7. The third kappa shape index (κ3) is 7.31. The van der Waals surface area contributed by atoms with Gasteiger partial charge in [0.05, 0.1) is 54.1 Å². The second-order valence-corrected chi connectivity index (χ2v) is 10.7. The first-order valence-electron chi connectivity index (χ1n) is 14.5. The van der Waals surface area contributed by atoms with Gasteiger partial charge in [-0.2, -0.15) is 0 Å². The molecule has 12 nitrogen and oxygen atoms in total. The first kappa shape index (κ1) is 31.2. The van der Waals surface area contributed by atoms with Crippen molar-refractivity contribution in [3.8, 4) is 28.4 Å². The molecule has 234 valence electrons. The average molecular weight is 611 g/mol. The fourth-order valence-corrected chi connectivity index (χ4v) is 4.82. The van der Waals surface area contributed by atoms with E-state index < -0.39 is 0 Å². The summed E-state index contributed by atoms with van der Waals surface area (Å²) in [7, 11) is 9.25. The topological polar surface area (TPSA) is 134 Å². The number of carbonyl (C=O) groups excluding carboxylic acids is 1. The lowest BCUT2D eigenvalue weighted by Crippen LogP contribution is -2.29. The molecule has 0 radical (unpaired) electrons. The van der Waals surface area contributed by atoms with E-state index >= 15 is 0 Å². The van der Waals surface area contributed by atoms with Crippen LogP contribution in [0.3, 0.4) is 0 Å². The monoisotopic (exact) mass is 610 g/mol. The van der Waals surface area contributed by atoms with Crippen molar-refractivity contribution in [2.75, 3.05) is 70.6 Å². The molecule has 3 aromatic heterocycles. The van der Waals surface area contributed by atoms with E-state index in [1.54, 1.807) is 32.7 Å². The van der Waals surface area contributed by atoms with Crippen LogP contribution in [0.5, 0.6) is 5.75 Å². The van der Waals surface area contributed by atoms with Crippen molar-refractivity contribution in [1.29, 1.82) is 0 Å². The Balaban J connectivity index is 1.51. The molecular formula is C33H38N8O4. The molecule has 2 aromatic carbocycles. The number of imidazole rings is 1. The number of methoxy groups -OCH3 is 2. The number of ether oxygens (including phenoxy) is 2. The third-order valence-electron chi connectivity index (χ3n) is 7.24. The maximum Gasteiger partial charge on any atom is 0.247 e. The molecule has 0 bridgehead atoms. The lowest BCUT2D eigenvalue weighted by atomic mass is 10.1. The molecule has 0 atom stereocenters. The number of fused-ring (bicyclic) bond motifs is 1. The zero-order chi connectivity index (χ0) is 31.9. The number of nitrogens with one attached hydrogen (secondary N) is 3. The fraction of sp³-hybridized carbons (Fsp3) is 0.273. The van der Waals surface area contributed by atoms with Gasteiger partial charge in [-0.05, 0) is 44.4 Å². The van der Waals surface area contributed by atoms with E-state index in [1.165, 1.54) is 6.08 Å². The zero-order valence-electron chi connectivity index (χ0n) is 26.2. The highest BCUT2D eigenvalue weighted by atomic mass is 16.5. The highest BCUT2D eigenvalue weighted by Gasteiger charge is 2.19. The van der Waals surface area contributed by atoms with Gasteiger partial charge in [-0.15, -0.1) is 0 Å². The second kappa shape index (κ2) is 14.1. The molecular weight excluding hydrogens is 572 g/mol. The van der Waals surface area contributed by atoms with Crippen LogP contribution in [-0.4, -0.2) is 85.8 Å². The fourth-order valence-electron chi connectivity index (χ4n) is 4.82. The lowest BCUT2D eigenvalue weighted by Gasteiger charge is -2.26. The summed E-state index contributed by atoms with van der Waals surface area (Å²) in [4.78, 5) is 34.2. The number of nitrogens with zero attached hydrogens (tertiary/aromatic N) is 5. The molecule has 0 aliphatic rings. The first-order chi connectivity index (χ1) is 21.8. The summed E-state index contributed by atoms with van der Waals surface area (Å²) >= 11 is 0.